The maximum Gasteiger partial charge on any atom is 0.318 e. The number of H-pyrrole nitrogens is 1. The smallest absolute Gasteiger partial charge is 0.318 e. The molecule has 0 saturated carbocycles. The van der Waals surface area contributed by atoms with E-state index in [1.165, 1.54) is 0 Å². The molecule has 0 bridgehead atoms. The van der Waals surface area contributed by atoms with Crippen LogP contribution in [0.2, 0.25) is 0 Å². The van der Waals surface area contributed by atoms with Crippen LogP contribution in [-0.4, -0.2) is 55.2 Å². The van der Waals surface area contributed by atoms with Crippen LogP contribution in [0.4, 0.5) is 4.79 Å². The number of hydrogen-bond acceptors (Lipinski definition) is 5. The fourth-order valence-corrected chi connectivity index (χ4v) is 2.37. The Balaban J connectivity index is 1.86. The van der Waals surface area contributed by atoms with Gasteiger partial charge in [-0.1, -0.05) is 5.21 Å². The van der Waals surface area contributed by atoms with Crippen molar-refractivity contribution >= 4 is 12.0 Å². The molecule has 0 spiro atoms. The molecular formula is C11H18N6O3. The second kappa shape index (κ2) is 6.83. The second-order valence-electron chi connectivity index (χ2n) is 4.76. The van der Waals surface area contributed by atoms with Gasteiger partial charge in [-0.05, 0) is 25.7 Å². The molecule has 0 radical (unpaired) electrons. The number of aromatic nitrogens is 4. The molecule has 3 N–H and O–H groups in total. The summed E-state index contributed by atoms with van der Waals surface area (Å²) in [5, 5.41) is 24.7. The summed E-state index contributed by atoms with van der Waals surface area (Å²) in [5.74, 6) is -0.417. The highest BCUT2D eigenvalue weighted by atomic mass is 16.4. The largest absolute Gasteiger partial charge is 0.481 e. The van der Waals surface area contributed by atoms with Crippen molar-refractivity contribution in [3.05, 3.63) is 5.82 Å². The molecule has 2 heterocycles. The summed E-state index contributed by atoms with van der Waals surface area (Å²) in [6.45, 7) is 0.861. The van der Waals surface area contributed by atoms with Crippen molar-refractivity contribution in [1.29, 1.82) is 0 Å². The van der Waals surface area contributed by atoms with E-state index in [0.717, 1.165) is 19.3 Å². The Morgan fingerprint density at radius 2 is 2.30 bits per heavy atom. The molecule has 1 saturated heterocycles. The molecule has 110 valence electrons. The zero-order valence-corrected chi connectivity index (χ0v) is 11.1. The Bertz CT molecular complexity index is 449. The molecule has 1 aromatic rings. The minimum Gasteiger partial charge on any atom is -0.481 e. The Morgan fingerprint density at radius 1 is 1.45 bits per heavy atom. The van der Waals surface area contributed by atoms with E-state index in [1.54, 1.807) is 4.90 Å². The van der Waals surface area contributed by atoms with E-state index < -0.39 is 5.97 Å². The summed E-state index contributed by atoms with van der Waals surface area (Å²) >= 11 is 0. The molecule has 0 aromatic carbocycles. The molecule has 9 heteroatoms. The predicted octanol–water partition coefficient (Wildman–Crippen LogP) is 0.129. The average Bonchev–Trinajstić information content (AvgIpc) is 2.96. The van der Waals surface area contributed by atoms with Crippen LogP contribution in [0.3, 0.4) is 0 Å². The van der Waals surface area contributed by atoms with Crippen molar-refractivity contribution < 1.29 is 14.7 Å². The molecule has 2 amide bonds. The number of nitrogens with zero attached hydrogens (tertiary/aromatic N) is 4. The van der Waals surface area contributed by atoms with Crippen molar-refractivity contribution in [3.63, 3.8) is 0 Å². The number of rotatable bonds is 5. The van der Waals surface area contributed by atoms with Crippen LogP contribution in [0.15, 0.2) is 0 Å². The number of aliphatic carboxylic acids is 1. The van der Waals surface area contributed by atoms with Gasteiger partial charge >= 0.3 is 12.0 Å². The third-order valence-corrected chi connectivity index (χ3v) is 3.37. The maximum absolute atomic E-state index is 12.1. The van der Waals surface area contributed by atoms with Gasteiger partial charge in [0.15, 0.2) is 5.82 Å². The first kappa shape index (κ1) is 14.2. The van der Waals surface area contributed by atoms with Gasteiger partial charge in [-0.25, -0.2) is 4.79 Å². The molecule has 1 aliphatic heterocycles. The minimum absolute atomic E-state index is 0.00915. The van der Waals surface area contributed by atoms with Crippen molar-refractivity contribution in [2.45, 2.75) is 44.7 Å². The molecule has 1 fully saturated rings. The Labute approximate surface area is 115 Å². The highest BCUT2D eigenvalue weighted by molar-refractivity contribution is 5.74. The zero-order valence-electron chi connectivity index (χ0n) is 11.1. The molecule has 1 atom stereocenters. The van der Waals surface area contributed by atoms with Crippen LogP contribution >= 0.6 is 0 Å². The van der Waals surface area contributed by atoms with Crippen LogP contribution in [0.5, 0.6) is 0 Å². The third kappa shape index (κ3) is 3.90. The summed E-state index contributed by atoms with van der Waals surface area (Å²) in [6.07, 6.45) is 3.39. The second-order valence-corrected chi connectivity index (χ2v) is 4.76. The summed E-state index contributed by atoms with van der Waals surface area (Å²) in [7, 11) is 0. The van der Waals surface area contributed by atoms with Crippen LogP contribution < -0.4 is 5.32 Å². The fraction of sp³-hybridized carbons (Fsp3) is 0.727. The van der Waals surface area contributed by atoms with Gasteiger partial charge in [-0.15, -0.1) is 10.2 Å². The van der Waals surface area contributed by atoms with E-state index in [9.17, 15) is 9.59 Å². The van der Waals surface area contributed by atoms with Gasteiger partial charge in [-0.3, -0.25) is 4.79 Å². The minimum atomic E-state index is -0.831. The van der Waals surface area contributed by atoms with E-state index in [1.807, 2.05) is 0 Å². The van der Waals surface area contributed by atoms with E-state index in [-0.39, 0.29) is 25.0 Å². The van der Waals surface area contributed by atoms with Gasteiger partial charge in [-0.2, -0.15) is 5.21 Å². The number of carboxylic acid groups (broad SMARTS) is 1. The van der Waals surface area contributed by atoms with E-state index in [4.69, 9.17) is 5.11 Å². The number of tetrazole rings is 1. The van der Waals surface area contributed by atoms with Crippen molar-refractivity contribution in [2.24, 2.45) is 0 Å². The first-order valence-corrected chi connectivity index (χ1v) is 6.65. The molecular weight excluding hydrogens is 264 g/mol. The number of carboxylic acids is 1. The number of hydrogen-bond donors (Lipinski definition) is 3. The van der Waals surface area contributed by atoms with Gasteiger partial charge < -0.3 is 15.3 Å². The van der Waals surface area contributed by atoms with E-state index >= 15 is 0 Å². The monoisotopic (exact) mass is 282 g/mol. The lowest BCUT2D eigenvalue weighted by Gasteiger charge is -2.35. The molecule has 0 aliphatic carbocycles. The van der Waals surface area contributed by atoms with Gasteiger partial charge in [0.05, 0.1) is 6.54 Å². The van der Waals surface area contributed by atoms with Crippen LogP contribution in [0.1, 0.15) is 37.9 Å². The van der Waals surface area contributed by atoms with Crippen molar-refractivity contribution in [2.75, 3.05) is 6.54 Å². The quantitative estimate of drug-likeness (QED) is 0.705. The number of urea groups is 1. The normalized spacial score (nSPS) is 18.8. The average molecular weight is 282 g/mol. The number of aromatic amines is 1. The Morgan fingerprint density at radius 3 is 3.00 bits per heavy atom. The highest BCUT2D eigenvalue weighted by Gasteiger charge is 2.26. The highest BCUT2D eigenvalue weighted by Crippen LogP contribution is 2.20. The number of likely N-dealkylation sites (tertiary alicyclic amines) is 1. The lowest BCUT2D eigenvalue weighted by atomic mass is 9.98. The number of amides is 2. The van der Waals surface area contributed by atoms with Crippen molar-refractivity contribution in [1.82, 2.24) is 30.8 Å². The Kier molecular flexibility index (Phi) is 4.85. The topological polar surface area (TPSA) is 124 Å². The number of carbonyl (C=O) groups excluding carboxylic acids is 1. The van der Waals surface area contributed by atoms with Gasteiger partial charge in [0.25, 0.3) is 0 Å². The summed E-state index contributed by atoms with van der Waals surface area (Å²) in [4.78, 5) is 24.5. The van der Waals surface area contributed by atoms with Crippen molar-refractivity contribution in [3.8, 4) is 0 Å². The molecule has 9 nitrogen and oxygen atoms in total. The first-order chi connectivity index (χ1) is 9.66. The number of nitrogens with one attached hydrogen (secondary N) is 2. The SMILES string of the molecule is O=C(O)CCC1CCCCN1C(=O)NCc1nn[nH]n1. The number of piperidine rings is 1. The van der Waals surface area contributed by atoms with Crippen LogP contribution in [0, 0.1) is 0 Å². The van der Waals surface area contributed by atoms with E-state index in [0.29, 0.717) is 18.8 Å². The third-order valence-electron chi connectivity index (χ3n) is 3.37. The fourth-order valence-electron chi connectivity index (χ4n) is 2.37. The number of carbonyl (C=O) groups is 2. The molecule has 20 heavy (non-hydrogen) atoms. The summed E-state index contributed by atoms with van der Waals surface area (Å²) in [5.41, 5.74) is 0. The van der Waals surface area contributed by atoms with Gasteiger partial charge in [0.2, 0.25) is 0 Å². The zero-order chi connectivity index (χ0) is 14.4. The molecule has 1 aromatic heterocycles. The Hall–Kier alpha value is -2.19. The molecule has 1 aliphatic rings. The first-order valence-electron chi connectivity index (χ1n) is 6.65. The lowest BCUT2D eigenvalue weighted by Crippen LogP contribution is -2.48. The summed E-state index contributed by atoms with van der Waals surface area (Å²) in [6, 6.07) is -0.213. The van der Waals surface area contributed by atoms with E-state index in [2.05, 4.69) is 25.9 Å². The standard InChI is InChI=1S/C11H18N6O3/c18-10(19)5-4-8-3-1-2-6-17(8)11(20)12-7-9-13-15-16-14-9/h8H,1-7H2,(H,12,20)(H,18,19)(H,13,14,15,16). The molecule has 1 unspecified atom stereocenters. The summed E-state index contributed by atoms with van der Waals surface area (Å²) < 4.78 is 0. The van der Waals surface area contributed by atoms with Gasteiger partial charge in [0.1, 0.15) is 0 Å². The molecule has 2 rings (SSSR count). The van der Waals surface area contributed by atoms with Crippen LogP contribution in [0.25, 0.3) is 0 Å². The maximum atomic E-state index is 12.1. The lowest BCUT2D eigenvalue weighted by molar-refractivity contribution is -0.137. The van der Waals surface area contributed by atoms with Gasteiger partial charge in [0, 0.05) is 19.0 Å². The predicted molar refractivity (Wildman–Crippen MR) is 67.6 cm³/mol. The van der Waals surface area contributed by atoms with Crippen LogP contribution in [-0.2, 0) is 11.3 Å².